The predicted molar refractivity (Wildman–Crippen MR) is 131 cm³/mol. The average Bonchev–Trinajstić information content (AvgIpc) is 3.16. The minimum atomic E-state index is -0.764. The molecule has 2 aromatic carbocycles. The van der Waals surface area contributed by atoms with Crippen LogP contribution in [-0.2, 0) is 9.59 Å². The highest BCUT2D eigenvalue weighted by Crippen LogP contribution is 2.42. The topological polar surface area (TPSA) is 101 Å². The zero-order chi connectivity index (χ0) is 24.9. The summed E-state index contributed by atoms with van der Waals surface area (Å²) in [6.07, 6.45) is 0. The van der Waals surface area contributed by atoms with Crippen molar-refractivity contribution in [2.75, 3.05) is 60.6 Å². The van der Waals surface area contributed by atoms with Crippen LogP contribution in [0.1, 0.15) is 17.2 Å². The van der Waals surface area contributed by atoms with Gasteiger partial charge in [-0.05, 0) is 42.0 Å². The summed E-state index contributed by atoms with van der Waals surface area (Å²) < 4.78 is 16.0. The van der Waals surface area contributed by atoms with Crippen LogP contribution in [0, 0.1) is 0 Å². The van der Waals surface area contributed by atoms with Crippen LogP contribution < -0.4 is 19.5 Å². The number of piperazine rings is 1. The summed E-state index contributed by atoms with van der Waals surface area (Å²) in [4.78, 5) is 30.3. The molecule has 2 N–H and O–H groups in total. The first-order valence-electron chi connectivity index (χ1n) is 11.6. The Morgan fingerprint density at radius 1 is 0.943 bits per heavy atom. The molecule has 0 unspecified atom stereocenters. The average molecular weight is 482 g/mol. The van der Waals surface area contributed by atoms with Crippen LogP contribution >= 0.6 is 0 Å². The van der Waals surface area contributed by atoms with Crippen LogP contribution in [0.4, 0.5) is 0 Å². The number of Topliss-reactive ketones (excluding diaryl/α,β-unsaturated/α-hetero) is 1. The lowest BCUT2D eigenvalue weighted by atomic mass is 9.95. The number of ether oxygens (including phenoxy) is 3. The molecule has 0 radical (unpaired) electrons. The molecule has 4 rings (SSSR count). The van der Waals surface area contributed by atoms with Gasteiger partial charge < -0.3 is 29.5 Å². The van der Waals surface area contributed by atoms with Gasteiger partial charge in [0.1, 0.15) is 11.5 Å². The molecule has 9 heteroatoms. The number of hydrogen-bond acceptors (Lipinski definition) is 8. The summed E-state index contributed by atoms with van der Waals surface area (Å²) >= 11 is 0. The molecule has 9 nitrogen and oxygen atoms in total. The van der Waals surface area contributed by atoms with Gasteiger partial charge in [-0.1, -0.05) is 6.07 Å². The van der Waals surface area contributed by atoms with Crippen molar-refractivity contribution in [2.24, 2.45) is 0 Å². The molecule has 0 aromatic heterocycles. The van der Waals surface area contributed by atoms with Crippen LogP contribution in [0.3, 0.4) is 0 Å². The summed E-state index contributed by atoms with van der Waals surface area (Å²) in [5, 5.41) is 14.5. The van der Waals surface area contributed by atoms with Gasteiger partial charge in [0.2, 0.25) is 0 Å². The van der Waals surface area contributed by atoms with Gasteiger partial charge in [0.15, 0.2) is 11.5 Å². The normalized spacial score (nSPS) is 20.2. The van der Waals surface area contributed by atoms with Crippen molar-refractivity contribution in [3.63, 3.8) is 0 Å². The summed E-state index contributed by atoms with van der Waals surface area (Å²) in [7, 11) is 4.62. The molecule has 0 bridgehead atoms. The molecule has 35 heavy (non-hydrogen) atoms. The summed E-state index contributed by atoms with van der Waals surface area (Å²) in [6, 6.07) is 11.2. The number of aliphatic hydroxyl groups excluding tert-OH is 1. The van der Waals surface area contributed by atoms with E-state index >= 15 is 0 Å². The maximum absolute atomic E-state index is 13.3. The Labute approximate surface area is 204 Å². The molecule has 2 heterocycles. The number of ketones is 1. The molecule has 2 aromatic rings. The molecule has 2 aliphatic heterocycles. The highest BCUT2D eigenvalue weighted by atomic mass is 16.5. The van der Waals surface area contributed by atoms with E-state index in [0.29, 0.717) is 41.5 Å². The number of likely N-dealkylation sites (tertiary alicyclic amines) is 1. The number of hydrogen-bond donors (Lipinski definition) is 2. The first-order valence-corrected chi connectivity index (χ1v) is 11.6. The minimum Gasteiger partial charge on any atom is -0.507 e. The smallest absolute Gasteiger partial charge is 0.295 e. The van der Waals surface area contributed by atoms with Gasteiger partial charge >= 0.3 is 0 Å². The predicted octanol–water partition coefficient (Wildman–Crippen LogP) is 2.04. The largest absolute Gasteiger partial charge is 0.507 e. The van der Waals surface area contributed by atoms with E-state index in [1.165, 1.54) is 7.11 Å². The second kappa shape index (κ2) is 10.8. The number of aliphatic hydroxyl groups is 1. The Morgan fingerprint density at radius 2 is 1.63 bits per heavy atom. The van der Waals surface area contributed by atoms with Gasteiger partial charge in [-0.3, -0.25) is 14.5 Å². The SMILES string of the molecule is COc1ccc(C(O)=C2C(=O)C(=O)N(CCN3CCNCC3)[C@H]2c2ccc(OC)c(OC)c2)cc1. The van der Waals surface area contributed by atoms with Gasteiger partial charge in [0, 0.05) is 44.8 Å². The van der Waals surface area contributed by atoms with Crippen LogP contribution in [0.5, 0.6) is 17.2 Å². The Kier molecular flexibility index (Phi) is 7.57. The summed E-state index contributed by atoms with van der Waals surface area (Å²) in [5.74, 6) is 0.0598. The van der Waals surface area contributed by atoms with Crippen molar-refractivity contribution >= 4 is 17.4 Å². The lowest BCUT2D eigenvalue weighted by Gasteiger charge is -2.31. The van der Waals surface area contributed by atoms with E-state index in [1.54, 1.807) is 61.6 Å². The molecular formula is C26H31N3O6. The standard InChI is InChI=1S/C26H31N3O6/c1-33-19-7-4-17(5-8-19)24(30)22-23(18-6-9-20(34-2)21(16-18)35-3)29(26(32)25(22)31)15-14-28-12-10-27-11-13-28/h4-9,16,23,27,30H,10-15H2,1-3H3/t23-/m0/s1. The minimum absolute atomic E-state index is 0.0488. The third-order valence-electron chi connectivity index (χ3n) is 6.49. The molecule has 186 valence electrons. The second-order valence-corrected chi connectivity index (χ2v) is 8.43. The Morgan fingerprint density at radius 3 is 2.26 bits per heavy atom. The Hall–Kier alpha value is -3.56. The van der Waals surface area contributed by atoms with Crippen molar-refractivity contribution in [3.05, 3.63) is 59.2 Å². The van der Waals surface area contributed by atoms with Gasteiger partial charge in [0.25, 0.3) is 11.7 Å². The number of carbonyl (C=O) groups excluding carboxylic acids is 2. The third-order valence-corrected chi connectivity index (χ3v) is 6.49. The van der Waals surface area contributed by atoms with Gasteiger partial charge in [-0.25, -0.2) is 0 Å². The van der Waals surface area contributed by atoms with E-state index < -0.39 is 17.7 Å². The number of methoxy groups -OCH3 is 3. The lowest BCUT2D eigenvalue weighted by molar-refractivity contribution is -0.140. The fourth-order valence-corrected chi connectivity index (χ4v) is 4.57. The molecule has 0 aliphatic carbocycles. The monoisotopic (exact) mass is 481 g/mol. The fourth-order valence-electron chi connectivity index (χ4n) is 4.57. The third kappa shape index (κ3) is 4.96. The van der Waals surface area contributed by atoms with Crippen LogP contribution in [-0.4, -0.2) is 87.2 Å². The zero-order valence-electron chi connectivity index (χ0n) is 20.2. The quantitative estimate of drug-likeness (QED) is 0.336. The molecule has 2 aliphatic rings. The van der Waals surface area contributed by atoms with Crippen LogP contribution in [0.25, 0.3) is 5.76 Å². The first-order chi connectivity index (χ1) is 17.0. The maximum atomic E-state index is 13.3. The van der Waals surface area contributed by atoms with Crippen LogP contribution in [0.15, 0.2) is 48.0 Å². The number of rotatable bonds is 8. The van der Waals surface area contributed by atoms with Crippen molar-refractivity contribution in [1.29, 1.82) is 0 Å². The lowest BCUT2D eigenvalue weighted by Crippen LogP contribution is -2.46. The van der Waals surface area contributed by atoms with E-state index in [-0.39, 0.29) is 11.3 Å². The molecule has 2 fully saturated rings. The van der Waals surface area contributed by atoms with Crippen molar-refractivity contribution < 1.29 is 28.9 Å². The highest BCUT2D eigenvalue weighted by molar-refractivity contribution is 6.46. The maximum Gasteiger partial charge on any atom is 0.295 e. The molecular weight excluding hydrogens is 450 g/mol. The van der Waals surface area contributed by atoms with E-state index in [9.17, 15) is 14.7 Å². The van der Waals surface area contributed by atoms with Crippen LogP contribution in [0.2, 0.25) is 0 Å². The number of carbonyl (C=O) groups is 2. The summed E-state index contributed by atoms with van der Waals surface area (Å²) in [5.41, 5.74) is 1.13. The highest BCUT2D eigenvalue weighted by Gasteiger charge is 2.46. The van der Waals surface area contributed by atoms with Crippen molar-refractivity contribution in [1.82, 2.24) is 15.1 Å². The number of nitrogens with zero attached hydrogens (tertiary/aromatic N) is 2. The fraction of sp³-hybridized carbons (Fsp3) is 0.385. The summed E-state index contributed by atoms with van der Waals surface area (Å²) in [6.45, 7) is 4.49. The van der Waals surface area contributed by atoms with E-state index in [4.69, 9.17) is 14.2 Å². The second-order valence-electron chi connectivity index (χ2n) is 8.43. The van der Waals surface area contributed by atoms with Gasteiger partial charge in [-0.15, -0.1) is 0 Å². The Balaban J connectivity index is 1.77. The number of nitrogens with one attached hydrogen (secondary N) is 1. The van der Waals surface area contributed by atoms with Gasteiger partial charge in [-0.2, -0.15) is 0 Å². The molecule has 0 spiro atoms. The van der Waals surface area contributed by atoms with E-state index in [0.717, 1.165) is 26.2 Å². The molecule has 2 saturated heterocycles. The molecule has 1 atom stereocenters. The van der Waals surface area contributed by atoms with Gasteiger partial charge in [0.05, 0.1) is 32.9 Å². The zero-order valence-corrected chi connectivity index (χ0v) is 20.2. The molecule has 1 amide bonds. The number of benzene rings is 2. The van der Waals surface area contributed by atoms with E-state index in [1.807, 2.05) is 0 Å². The Bertz CT molecular complexity index is 1110. The molecule has 0 saturated carbocycles. The van der Waals surface area contributed by atoms with E-state index in [2.05, 4.69) is 10.2 Å². The van der Waals surface area contributed by atoms with Crippen molar-refractivity contribution in [2.45, 2.75) is 6.04 Å². The first kappa shape index (κ1) is 24.6. The number of amides is 1. The van der Waals surface area contributed by atoms with Crippen molar-refractivity contribution in [3.8, 4) is 17.2 Å².